The minimum Gasteiger partial charge on any atom is -0.317 e. The number of carbonyl (C=O) groups excluding carboxylic acids is 1. The zero-order valence-corrected chi connectivity index (χ0v) is 15.8. The van der Waals surface area contributed by atoms with Gasteiger partial charge in [0.2, 0.25) is 5.91 Å². The Balaban J connectivity index is 1.58. The molecule has 0 spiro atoms. The molecule has 2 N–H and O–H groups in total. The minimum absolute atomic E-state index is 0.101. The number of aromatic nitrogens is 1. The molecule has 27 heavy (non-hydrogen) atoms. The van der Waals surface area contributed by atoms with E-state index >= 15 is 0 Å². The summed E-state index contributed by atoms with van der Waals surface area (Å²) in [5.41, 5.74) is -0.201. The maximum Gasteiger partial charge on any atom is 0.416 e. The number of amides is 1. The lowest BCUT2D eigenvalue weighted by Crippen LogP contribution is -2.26. The van der Waals surface area contributed by atoms with Crippen LogP contribution in [-0.2, 0) is 11.0 Å². The Morgan fingerprint density at radius 1 is 1.37 bits per heavy atom. The minimum atomic E-state index is -4.39. The summed E-state index contributed by atoms with van der Waals surface area (Å²) < 4.78 is 38.5. The molecule has 1 amide bonds. The number of hydrogen-bond donors (Lipinski definition) is 2. The maximum absolute atomic E-state index is 12.8. The molecule has 1 aromatic heterocycles. The molecule has 2 aromatic rings. The van der Waals surface area contributed by atoms with Crippen molar-refractivity contribution in [3.05, 3.63) is 46.5 Å². The first kappa shape index (κ1) is 19.8. The van der Waals surface area contributed by atoms with Crippen LogP contribution in [0.1, 0.15) is 54.0 Å². The van der Waals surface area contributed by atoms with E-state index in [0.717, 1.165) is 42.9 Å². The third-order valence-corrected chi connectivity index (χ3v) is 5.86. The summed E-state index contributed by atoms with van der Waals surface area (Å²) in [6.07, 6.45) is -0.357. The Labute approximate surface area is 160 Å². The number of anilines is 1. The van der Waals surface area contributed by atoms with Crippen LogP contribution in [0.15, 0.2) is 30.5 Å². The number of alkyl halides is 3. The highest BCUT2D eigenvalue weighted by molar-refractivity contribution is 7.15. The second-order valence-electron chi connectivity index (χ2n) is 6.87. The molecule has 0 aliphatic carbocycles. The molecule has 1 unspecified atom stereocenters. The van der Waals surface area contributed by atoms with Gasteiger partial charge in [0.25, 0.3) is 0 Å². The Kier molecular flexibility index (Phi) is 6.16. The second kappa shape index (κ2) is 8.39. The van der Waals surface area contributed by atoms with Crippen LogP contribution in [0.2, 0.25) is 0 Å². The van der Waals surface area contributed by atoms with E-state index in [9.17, 15) is 18.0 Å². The Hall–Kier alpha value is -1.93. The van der Waals surface area contributed by atoms with Crippen molar-refractivity contribution in [2.24, 2.45) is 0 Å². The van der Waals surface area contributed by atoms with Gasteiger partial charge in [-0.25, -0.2) is 4.98 Å². The van der Waals surface area contributed by atoms with Gasteiger partial charge in [0.05, 0.1) is 5.56 Å². The van der Waals surface area contributed by atoms with Gasteiger partial charge in [-0.05, 0) is 49.4 Å². The van der Waals surface area contributed by atoms with E-state index < -0.39 is 11.7 Å². The van der Waals surface area contributed by atoms with Crippen molar-refractivity contribution in [1.29, 1.82) is 0 Å². The van der Waals surface area contributed by atoms with Crippen LogP contribution in [0.3, 0.4) is 0 Å². The number of rotatable bonds is 5. The third kappa shape index (κ3) is 5.29. The molecule has 1 aliphatic heterocycles. The zero-order chi connectivity index (χ0) is 19.4. The normalized spacial score (nSPS) is 16.9. The van der Waals surface area contributed by atoms with Crippen LogP contribution in [0.25, 0.3) is 0 Å². The Morgan fingerprint density at radius 3 is 2.81 bits per heavy atom. The largest absolute Gasteiger partial charge is 0.416 e. The monoisotopic (exact) mass is 397 g/mol. The molecular formula is C19H22F3N3OS. The van der Waals surface area contributed by atoms with Gasteiger partial charge in [0, 0.05) is 17.5 Å². The summed E-state index contributed by atoms with van der Waals surface area (Å²) in [4.78, 5) is 17.7. The van der Waals surface area contributed by atoms with Gasteiger partial charge in [-0.15, -0.1) is 11.3 Å². The molecule has 8 heteroatoms. The van der Waals surface area contributed by atoms with Gasteiger partial charge in [0.15, 0.2) is 5.13 Å². The van der Waals surface area contributed by atoms with Crippen molar-refractivity contribution in [2.45, 2.75) is 44.2 Å². The molecule has 4 nitrogen and oxygen atoms in total. The number of thiazole rings is 1. The quantitative estimate of drug-likeness (QED) is 0.765. The molecule has 1 fully saturated rings. The maximum atomic E-state index is 12.8. The summed E-state index contributed by atoms with van der Waals surface area (Å²) in [7, 11) is 0. The number of carbonyl (C=O) groups is 1. The fraction of sp³-hybridized carbons (Fsp3) is 0.474. The van der Waals surface area contributed by atoms with Gasteiger partial charge in [-0.3, -0.25) is 4.79 Å². The van der Waals surface area contributed by atoms with Crippen LogP contribution < -0.4 is 10.6 Å². The van der Waals surface area contributed by atoms with Crippen LogP contribution >= 0.6 is 11.3 Å². The standard InChI is InChI=1S/C19H22F3N3OS/c1-12(14-3-2-4-15(10-14)19(20,21)22)9-17(26)25-18-24-11-16(27-18)13-5-7-23-8-6-13/h2-4,10-13,23H,5-9H2,1H3,(H,24,25,26). The topological polar surface area (TPSA) is 54.0 Å². The number of piperidine rings is 1. The first-order valence-electron chi connectivity index (χ1n) is 8.96. The van der Waals surface area contributed by atoms with Gasteiger partial charge in [-0.2, -0.15) is 13.2 Å². The molecule has 0 bridgehead atoms. The molecule has 1 atom stereocenters. The molecular weight excluding hydrogens is 375 g/mol. The van der Waals surface area contributed by atoms with E-state index in [-0.39, 0.29) is 18.2 Å². The summed E-state index contributed by atoms with van der Waals surface area (Å²) in [6.45, 7) is 3.72. The molecule has 1 saturated heterocycles. The number of hydrogen-bond acceptors (Lipinski definition) is 4. The zero-order valence-electron chi connectivity index (χ0n) is 15.0. The van der Waals surface area contributed by atoms with E-state index in [1.807, 2.05) is 6.20 Å². The predicted octanol–water partition coefficient (Wildman–Crippen LogP) is 4.76. The van der Waals surface area contributed by atoms with E-state index in [4.69, 9.17) is 0 Å². The molecule has 3 rings (SSSR count). The van der Waals surface area contributed by atoms with Crippen LogP contribution in [0.4, 0.5) is 18.3 Å². The van der Waals surface area contributed by atoms with Gasteiger partial charge >= 0.3 is 6.18 Å². The van der Waals surface area contributed by atoms with Crippen molar-refractivity contribution in [2.75, 3.05) is 18.4 Å². The summed E-state index contributed by atoms with van der Waals surface area (Å²) in [5, 5.41) is 6.64. The van der Waals surface area contributed by atoms with Gasteiger partial charge in [-0.1, -0.05) is 25.1 Å². The lowest BCUT2D eigenvalue weighted by molar-refractivity contribution is -0.137. The number of nitrogens with one attached hydrogen (secondary N) is 2. The van der Waals surface area contributed by atoms with Crippen molar-refractivity contribution in [1.82, 2.24) is 10.3 Å². The fourth-order valence-corrected chi connectivity index (χ4v) is 4.23. The first-order chi connectivity index (χ1) is 12.8. The van der Waals surface area contributed by atoms with E-state index in [0.29, 0.717) is 16.6 Å². The van der Waals surface area contributed by atoms with Gasteiger partial charge in [0.1, 0.15) is 0 Å². The Morgan fingerprint density at radius 2 is 2.11 bits per heavy atom. The van der Waals surface area contributed by atoms with Crippen molar-refractivity contribution in [3.8, 4) is 0 Å². The highest BCUT2D eigenvalue weighted by Crippen LogP contribution is 2.33. The number of halogens is 3. The van der Waals surface area contributed by atoms with Crippen LogP contribution in [0.5, 0.6) is 0 Å². The number of nitrogens with zero attached hydrogens (tertiary/aromatic N) is 1. The lowest BCUT2D eigenvalue weighted by atomic mass is 9.95. The summed E-state index contributed by atoms with van der Waals surface area (Å²) in [6, 6.07) is 5.13. The van der Waals surface area contributed by atoms with Crippen molar-refractivity contribution >= 4 is 22.4 Å². The lowest BCUT2D eigenvalue weighted by Gasteiger charge is -2.20. The second-order valence-corrected chi connectivity index (χ2v) is 7.93. The van der Waals surface area contributed by atoms with Crippen LogP contribution in [0, 0.1) is 0 Å². The molecule has 2 heterocycles. The fourth-order valence-electron chi connectivity index (χ4n) is 3.23. The van der Waals surface area contributed by atoms with E-state index in [1.54, 1.807) is 13.0 Å². The first-order valence-corrected chi connectivity index (χ1v) is 9.78. The average molecular weight is 397 g/mol. The van der Waals surface area contributed by atoms with E-state index in [1.165, 1.54) is 17.4 Å². The summed E-state index contributed by atoms with van der Waals surface area (Å²) in [5.74, 6) is -0.0966. The molecule has 1 aliphatic rings. The molecule has 1 aromatic carbocycles. The highest BCUT2D eigenvalue weighted by Gasteiger charge is 2.30. The van der Waals surface area contributed by atoms with Gasteiger partial charge < -0.3 is 10.6 Å². The van der Waals surface area contributed by atoms with Crippen molar-refractivity contribution in [3.63, 3.8) is 0 Å². The SMILES string of the molecule is CC(CC(=O)Nc1ncc(C2CCNCC2)s1)c1cccc(C(F)(F)F)c1. The summed E-state index contributed by atoms with van der Waals surface area (Å²) >= 11 is 1.48. The smallest absolute Gasteiger partial charge is 0.317 e. The number of benzene rings is 1. The average Bonchev–Trinajstić information content (AvgIpc) is 3.10. The third-order valence-electron chi connectivity index (χ3n) is 4.79. The highest BCUT2D eigenvalue weighted by atomic mass is 32.1. The predicted molar refractivity (Wildman–Crippen MR) is 100 cm³/mol. The van der Waals surface area contributed by atoms with E-state index in [2.05, 4.69) is 15.6 Å². The molecule has 146 valence electrons. The Bertz CT molecular complexity index is 785. The van der Waals surface area contributed by atoms with Crippen LogP contribution in [-0.4, -0.2) is 24.0 Å². The molecule has 0 saturated carbocycles. The van der Waals surface area contributed by atoms with Crippen molar-refractivity contribution < 1.29 is 18.0 Å². The molecule has 0 radical (unpaired) electrons.